The third-order valence-corrected chi connectivity index (χ3v) is 4.17. The molecule has 0 aliphatic rings. The van der Waals surface area contributed by atoms with Gasteiger partial charge in [0.2, 0.25) is 10.0 Å². The topological polar surface area (TPSA) is 63.7 Å². The fraction of sp³-hybridized carbons (Fsp3) is 0.900. The minimum atomic E-state index is -3.23. The highest BCUT2D eigenvalue weighted by molar-refractivity contribution is 7.89. The van der Waals surface area contributed by atoms with Crippen LogP contribution in [0.5, 0.6) is 0 Å². The van der Waals surface area contributed by atoms with Crippen LogP contribution in [0.3, 0.4) is 0 Å². The molecule has 0 heterocycles. The van der Waals surface area contributed by atoms with E-state index in [1.165, 1.54) is 18.5 Å². The Kier molecular flexibility index (Phi) is 6.59. The first-order valence-corrected chi connectivity index (χ1v) is 6.91. The smallest absolute Gasteiger partial charge is 0.306 e. The van der Waals surface area contributed by atoms with E-state index in [1.54, 1.807) is 0 Å². The molecular weight excluding hydrogens is 230 g/mol. The summed E-state index contributed by atoms with van der Waals surface area (Å²) in [7, 11) is -0.462. The maximum atomic E-state index is 11.7. The van der Waals surface area contributed by atoms with E-state index in [2.05, 4.69) is 4.74 Å². The van der Waals surface area contributed by atoms with Crippen LogP contribution in [0.1, 0.15) is 26.7 Å². The third-order valence-electron chi connectivity index (χ3n) is 2.29. The number of carbonyl (C=O) groups excluding carboxylic acids is 1. The van der Waals surface area contributed by atoms with Gasteiger partial charge in [-0.25, -0.2) is 12.7 Å². The van der Waals surface area contributed by atoms with Crippen molar-refractivity contribution in [3.63, 3.8) is 0 Å². The summed E-state index contributed by atoms with van der Waals surface area (Å²) >= 11 is 0. The second-order valence-corrected chi connectivity index (χ2v) is 6.34. The molecule has 0 aromatic heterocycles. The fourth-order valence-corrected chi connectivity index (χ4v) is 2.48. The lowest BCUT2D eigenvalue weighted by Crippen LogP contribution is -2.31. The molecule has 0 unspecified atom stereocenters. The predicted molar refractivity (Wildman–Crippen MR) is 62.5 cm³/mol. The molecule has 0 rings (SSSR count). The van der Waals surface area contributed by atoms with E-state index >= 15 is 0 Å². The summed E-state index contributed by atoms with van der Waals surface area (Å²) in [6.45, 7) is 4.13. The van der Waals surface area contributed by atoms with E-state index in [4.69, 9.17) is 0 Å². The summed E-state index contributed by atoms with van der Waals surface area (Å²) < 4.78 is 29.1. The van der Waals surface area contributed by atoms with Crippen LogP contribution in [-0.2, 0) is 19.6 Å². The number of esters is 1. The molecule has 0 amide bonds. The van der Waals surface area contributed by atoms with Crippen LogP contribution < -0.4 is 0 Å². The number of hydrogen-bond donors (Lipinski definition) is 0. The second kappa shape index (κ2) is 6.85. The van der Waals surface area contributed by atoms with Gasteiger partial charge in [-0.05, 0) is 12.3 Å². The molecule has 0 aromatic carbocycles. The zero-order valence-electron chi connectivity index (χ0n) is 10.4. The van der Waals surface area contributed by atoms with Gasteiger partial charge in [0.25, 0.3) is 0 Å². The van der Waals surface area contributed by atoms with E-state index in [1.807, 2.05) is 13.8 Å². The van der Waals surface area contributed by atoms with Crippen molar-refractivity contribution in [1.82, 2.24) is 4.31 Å². The molecule has 0 saturated heterocycles. The van der Waals surface area contributed by atoms with Gasteiger partial charge in [0, 0.05) is 13.6 Å². The maximum Gasteiger partial charge on any atom is 0.306 e. The molecule has 5 nitrogen and oxygen atoms in total. The molecule has 0 bridgehead atoms. The first-order valence-electron chi connectivity index (χ1n) is 5.30. The van der Waals surface area contributed by atoms with E-state index < -0.39 is 16.0 Å². The van der Waals surface area contributed by atoms with Crippen molar-refractivity contribution in [1.29, 1.82) is 0 Å². The zero-order chi connectivity index (χ0) is 12.8. The number of rotatable bonds is 7. The van der Waals surface area contributed by atoms with Gasteiger partial charge in [-0.15, -0.1) is 0 Å². The Morgan fingerprint density at radius 2 is 1.94 bits per heavy atom. The van der Waals surface area contributed by atoms with Crippen LogP contribution in [-0.4, -0.2) is 45.1 Å². The highest BCUT2D eigenvalue weighted by atomic mass is 32.2. The number of carbonyl (C=O) groups is 1. The highest BCUT2D eigenvalue weighted by Gasteiger charge is 2.18. The molecule has 0 aliphatic carbocycles. The lowest BCUT2D eigenvalue weighted by Gasteiger charge is -2.17. The minimum Gasteiger partial charge on any atom is -0.469 e. The number of methoxy groups -OCH3 is 1. The Labute approximate surface area is 97.8 Å². The summed E-state index contributed by atoms with van der Waals surface area (Å²) in [6.07, 6.45) is 0.721. The number of ether oxygens (including phenoxy) is 1. The summed E-state index contributed by atoms with van der Waals surface area (Å²) in [5, 5.41) is 0. The van der Waals surface area contributed by atoms with Crippen molar-refractivity contribution in [2.75, 3.05) is 26.5 Å². The average molecular weight is 251 g/mol. The normalized spacial score (nSPS) is 12.1. The molecule has 16 heavy (non-hydrogen) atoms. The van der Waals surface area contributed by atoms with Crippen molar-refractivity contribution in [3.05, 3.63) is 0 Å². The standard InChI is InChI=1S/C10H21NO4S/c1-9(2)6-8-16(13,14)11(3)7-5-10(12)15-4/h9H,5-8H2,1-4H3. The first-order chi connectivity index (χ1) is 7.29. The molecule has 0 radical (unpaired) electrons. The van der Waals surface area contributed by atoms with E-state index in [-0.39, 0.29) is 18.7 Å². The number of nitrogens with zero attached hydrogens (tertiary/aromatic N) is 1. The average Bonchev–Trinajstić information content (AvgIpc) is 2.22. The molecule has 6 heteroatoms. The minimum absolute atomic E-state index is 0.0912. The lowest BCUT2D eigenvalue weighted by molar-refractivity contribution is -0.140. The molecule has 0 N–H and O–H groups in total. The van der Waals surface area contributed by atoms with E-state index in [0.29, 0.717) is 12.3 Å². The Hall–Kier alpha value is -0.620. The van der Waals surface area contributed by atoms with Crippen LogP contribution in [0.4, 0.5) is 0 Å². The summed E-state index contributed by atoms with van der Waals surface area (Å²) in [4.78, 5) is 10.9. The molecule has 0 fully saturated rings. The van der Waals surface area contributed by atoms with Crippen LogP contribution in [0.15, 0.2) is 0 Å². The van der Waals surface area contributed by atoms with Gasteiger partial charge in [-0.3, -0.25) is 4.79 Å². The van der Waals surface area contributed by atoms with Gasteiger partial charge < -0.3 is 4.74 Å². The lowest BCUT2D eigenvalue weighted by atomic mass is 10.2. The van der Waals surface area contributed by atoms with Crippen molar-refractivity contribution >= 4 is 16.0 Å². The Morgan fingerprint density at radius 1 is 1.38 bits per heavy atom. The summed E-state index contributed by atoms with van der Waals surface area (Å²) in [5.74, 6) is 0.0807. The van der Waals surface area contributed by atoms with Crippen LogP contribution in [0, 0.1) is 5.92 Å². The Balaban J connectivity index is 4.14. The molecule has 0 aliphatic heterocycles. The van der Waals surface area contributed by atoms with Crippen molar-refractivity contribution in [2.45, 2.75) is 26.7 Å². The van der Waals surface area contributed by atoms with Gasteiger partial charge in [-0.2, -0.15) is 0 Å². The van der Waals surface area contributed by atoms with Gasteiger partial charge in [0.1, 0.15) is 0 Å². The Morgan fingerprint density at radius 3 is 2.38 bits per heavy atom. The number of sulfonamides is 1. The van der Waals surface area contributed by atoms with Crippen LogP contribution >= 0.6 is 0 Å². The monoisotopic (exact) mass is 251 g/mol. The van der Waals surface area contributed by atoms with Crippen molar-refractivity contribution < 1.29 is 17.9 Å². The second-order valence-electron chi connectivity index (χ2n) is 4.15. The van der Waals surface area contributed by atoms with Gasteiger partial charge in [0.05, 0.1) is 19.3 Å². The van der Waals surface area contributed by atoms with Crippen molar-refractivity contribution in [3.8, 4) is 0 Å². The molecule has 0 atom stereocenters. The van der Waals surface area contributed by atoms with Crippen LogP contribution in [0.2, 0.25) is 0 Å². The number of hydrogen-bond acceptors (Lipinski definition) is 4. The summed E-state index contributed by atoms with van der Waals surface area (Å²) in [6, 6.07) is 0. The quantitative estimate of drug-likeness (QED) is 0.629. The SMILES string of the molecule is COC(=O)CCN(C)S(=O)(=O)CCC(C)C. The van der Waals surface area contributed by atoms with E-state index in [0.717, 1.165) is 0 Å². The fourth-order valence-electron chi connectivity index (χ4n) is 1.03. The molecule has 96 valence electrons. The third kappa shape index (κ3) is 6.07. The van der Waals surface area contributed by atoms with Gasteiger partial charge >= 0.3 is 5.97 Å². The molecule has 0 saturated carbocycles. The molecule has 0 aromatic rings. The zero-order valence-corrected chi connectivity index (χ0v) is 11.2. The Bertz CT molecular complexity index is 311. The van der Waals surface area contributed by atoms with Gasteiger partial charge in [0.15, 0.2) is 0 Å². The first kappa shape index (κ1) is 15.4. The molecular formula is C10H21NO4S. The maximum absolute atomic E-state index is 11.7. The van der Waals surface area contributed by atoms with Gasteiger partial charge in [-0.1, -0.05) is 13.8 Å². The van der Waals surface area contributed by atoms with E-state index in [9.17, 15) is 13.2 Å². The highest BCUT2D eigenvalue weighted by Crippen LogP contribution is 2.07. The van der Waals surface area contributed by atoms with Crippen molar-refractivity contribution in [2.24, 2.45) is 5.92 Å². The largest absolute Gasteiger partial charge is 0.469 e. The molecule has 0 spiro atoms. The summed E-state index contributed by atoms with van der Waals surface area (Å²) in [5.41, 5.74) is 0. The predicted octanol–water partition coefficient (Wildman–Crippen LogP) is 0.857. The van der Waals surface area contributed by atoms with Crippen LogP contribution in [0.25, 0.3) is 0 Å².